The van der Waals surface area contributed by atoms with E-state index in [4.69, 9.17) is 9.29 Å². The average Bonchev–Trinajstić information content (AvgIpc) is 1.83. The molecule has 0 bridgehead atoms. The zero-order valence-electron chi connectivity index (χ0n) is 7.49. The molecule has 0 aliphatic rings. The fourth-order valence-corrected chi connectivity index (χ4v) is 1.15. The van der Waals surface area contributed by atoms with Gasteiger partial charge in [-0.3, -0.25) is 4.55 Å². The molecule has 0 radical (unpaired) electrons. The smallest absolute Gasteiger partial charge is 0.264 e. The third-order valence-electron chi connectivity index (χ3n) is 1.14. The lowest BCUT2D eigenvalue weighted by molar-refractivity contribution is 0.110. The molecule has 0 saturated heterocycles. The molecule has 0 rings (SSSR count). The van der Waals surface area contributed by atoms with Crippen molar-refractivity contribution in [1.82, 2.24) is 0 Å². The lowest BCUT2D eigenvalue weighted by atomic mass is 10.2. The van der Waals surface area contributed by atoms with Crippen LogP contribution in [-0.2, 0) is 14.9 Å². The third kappa shape index (κ3) is 9.87. The Labute approximate surface area is 73.7 Å². The van der Waals surface area contributed by atoms with E-state index in [1.807, 2.05) is 13.8 Å². The van der Waals surface area contributed by atoms with Crippen LogP contribution in [0, 0.1) is 5.92 Å². The van der Waals surface area contributed by atoms with E-state index >= 15 is 0 Å². The van der Waals surface area contributed by atoms with Crippen LogP contribution in [-0.4, -0.2) is 31.9 Å². The molecule has 74 valence electrons. The van der Waals surface area contributed by atoms with Gasteiger partial charge in [-0.25, -0.2) is 0 Å². The molecule has 4 nitrogen and oxygen atoms in total. The molecule has 0 spiro atoms. The lowest BCUT2D eigenvalue weighted by Gasteiger charge is -2.05. The molecular formula is C7H16O4S. The zero-order valence-corrected chi connectivity index (χ0v) is 8.30. The highest BCUT2D eigenvalue weighted by atomic mass is 32.2. The average molecular weight is 196 g/mol. The van der Waals surface area contributed by atoms with Gasteiger partial charge < -0.3 is 4.74 Å². The van der Waals surface area contributed by atoms with Crippen LogP contribution in [0.15, 0.2) is 0 Å². The molecule has 5 heteroatoms. The first-order valence-electron chi connectivity index (χ1n) is 3.94. The number of hydrogen-bond donors (Lipinski definition) is 1. The van der Waals surface area contributed by atoms with E-state index in [0.717, 1.165) is 0 Å². The largest absolute Gasteiger partial charge is 0.381 e. The maximum absolute atomic E-state index is 10.2. The van der Waals surface area contributed by atoms with Gasteiger partial charge in [-0.05, 0) is 12.3 Å². The van der Waals surface area contributed by atoms with E-state index in [9.17, 15) is 8.42 Å². The van der Waals surface area contributed by atoms with Crippen molar-refractivity contribution < 1.29 is 17.7 Å². The van der Waals surface area contributed by atoms with E-state index in [2.05, 4.69) is 0 Å². The number of ether oxygens (including phenoxy) is 1. The highest BCUT2D eigenvalue weighted by molar-refractivity contribution is 7.85. The van der Waals surface area contributed by atoms with Crippen LogP contribution in [0.5, 0.6) is 0 Å². The van der Waals surface area contributed by atoms with E-state index in [1.165, 1.54) is 0 Å². The Morgan fingerprint density at radius 2 is 2.00 bits per heavy atom. The highest BCUT2D eigenvalue weighted by Gasteiger charge is 2.03. The minimum Gasteiger partial charge on any atom is -0.381 e. The molecule has 0 atom stereocenters. The fraction of sp³-hybridized carbons (Fsp3) is 1.00. The molecule has 0 aromatic rings. The summed E-state index contributed by atoms with van der Waals surface area (Å²) >= 11 is 0. The normalized spacial score (nSPS) is 12.3. The van der Waals surface area contributed by atoms with Crippen molar-refractivity contribution >= 4 is 10.1 Å². The summed E-state index contributed by atoms with van der Waals surface area (Å²) in [5.74, 6) is 0.237. The molecule has 0 saturated carbocycles. The number of rotatable bonds is 6. The summed E-state index contributed by atoms with van der Waals surface area (Å²) in [5, 5.41) is 0. The summed E-state index contributed by atoms with van der Waals surface area (Å²) < 4.78 is 33.9. The maximum Gasteiger partial charge on any atom is 0.264 e. The first-order valence-corrected chi connectivity index (χ1v) is 5.55. The van der Waals surface area contributed by atoms with Crippen LogP contribution in [0.1, 0.15) is 20.3 Å². The van der Waals surface area contributed by atoms with Crippen molar-refractivity contribution in [3.63, 3.8) is 0 Å². The van der Waals surface area contributed by atoms with Gasteiger partial charge in [-0.2, -0.15) is 8.42 Å². The Balaban J connectivity index is 3.23. The standard InChI is InChI=1S/C7H16O4S/c1-7(2)6-11-4-3-5-12(8,9)10/h7H,3-6H2,1-2H3,(H,8,9,10). The Morgan fingerprint density at radius 3 is 2.42 bits per heavy atom. The summed E-state index contributed by atoms with van der Waals surface area (Å²) in [6.45, 7) is 5.05. The Bertz CT molecular complexity index is 195. The van der Waals surface area contributed by atoms with Gasteiger partial charge in [0.1, 0.15) is 0 Å². The molecule has 0 unspecified atom stereocenters. The van der Waals surface area contributed by atoms with Crippen LogP contribution in [0.25, 0.3) is 0 Å². The van der Waals surface area contributed by atoms with Crippen LogP contribution >= 0.6 is 0 Å². The summed E-state index contributed by atoms with van der Waals surface area (Å²) in [4.78, 5) is 0. The monoisotopic (exact) mass is 196 g/mol. The predicted molar refractivity (Wildman–Crippen MR) is 46.7 cm³/mol. The van der Waals surface area contributed by atoms with Gasteiger partial charge in [0.15, 0.2) is 0 Å². The maximum atomic E-state index is 10.2. The van der Waals surface area contributed by atoms with Crippen molar-refractivity contribution in [1.29, 1.82) is 0 Å². The summed E-state index contributed by atoms with van der Waals surface area (Å²) in [6.07, 6.45) is 0.353. The third-order valence-corrected chi connectivity index (χ3v) is 1.95. The van der Waals surface area contributed by atoms with Gasteiger partial charge in [0.2, 0.25) is 0 Å². The molecule has 0 fully saturated rings. The topological polar surface area (TPSA) is 63.6 Å². The zero-order chi connectivity index (χ0) is 9.61. The molecule has 0 amide bonds. The second-order valence-corrected chi connectivity index (χ2v) is 4.68. The first kappa shape index (κ1) is 11.9. The van der Waals surface area contributed by atoms with E-state index in [1.54, 1.807) is 0 Å². The second kappa shape index (κ2) is 5.50. The molecule has 0 aromatic carbocycles. The minimum absolute atomic E-state index is 0.217. The van der Waals surface area contributed by atoms with E-state index < -0.39 is 10.1 Å². The quantitative estimate of drug-likeness (QED) is 0.507. The second-order valence-electron chi connectivity index (χ2n) is 3.11. The lowest BCUT2D eigenvalue weighted by Crippen LogP contribution is -2.09. The van der Waals surface area contributed by atoms with Crippen molar-refractivity contribution in [2.45, 2.75) is 20.3 Å². The first-order chi connectivity index (χ1) is 5.42. The molecular weight excluding hydrogens is 180 g/mol. The molecule has 0 aliphatic heterocycles. The Kier molecular flexibility index (Phi) is 5.44. The Hall–Kier alpha value is -0.130. The van der Waals surface area contributed by atoms with Crippen molar-refractivity contribution in [2.75, 3.05) is 19.0 Å². The predicted octanol–water partition coefficient (Wildman–Crippen LogP) is 0.937. The van der Waals surface area contributed by atoms with Crippen molar-refractivity contribution in [3.8, 4) is 0 Å². The molecule has 1 N–H and O–H groups in total. The van der Waals surface area contributed by atoms with Crippen molar-refractivity contribution in [2.24, 2.45) is 5.92 Å². The van der Waals surface area contributed by atoms with Crippen LogP contribution < -0.4 is 0 Å². The van der Waals surface area contributed by atoms with Gasteiger partial charge in [0.05, 0.1) is 5.75 Å². The highest BCUT2D eigenvalue weighted by Crippen LogP contribution is 1.94. The SMILES string of the molecule is CC(C)COCCCS(=O)(=O)O. The molecule has 0 heterocycles. The van der Waals surface area contributed by atoms with Crippen LogP contribution in [0.3, 0.4) is 0 Å². The summed E-state index contributed by atoms with van der Waals surface area (Å²) in [5.41, 5.74) is 0. The van der Waals surface area contributed by atoms with E-state index in [-0.39, 0.29) is 5.75 Å². The minimum atomic E-state index is -3.80. The van der Waals surface area contributed by atoms with E-state index in [0.29, 0.717) is 25.6 Å². The van der Waals surface area contributed by atoms with Gasteiger partial charge in [0, 0.05) is 13.2 Å². The van der Waals surface area contributed by atoms with Crippen LogP contribution in [0.4, 0.5) is 0 Å². The van der Waals surface area contributed by atoms with Gasteiger partial charge in [-0.1, -0.05) is 13.8 Å². The van der Waals surface area contributed by atoms with Crippen LogP contribution in [0.2, 0.25) is 0 Å². The van der Waals surface area contributed by atoms with Gasteiger partial charge >= 0.3 is 0 Å². The van der Waals surface area contributed by atoms with Gasteiger partial charge in [-0.15, -0.1) is 0 Å². The fourth-order valence-electron chi connectivity index (χ4n) is 0.662. The number of hydrogen-bond acceptors (Lipinski definition) is 3. The molecule has 0 aliphatic carbocycles. The summed E-state index contributed by atoms with van der Waals surface area (Å²) in [6, 6.07) is 0. The van der Waals surface area contributed by atoms with Gasteiger partial charge in [0.25, 0.3) is 10.1 Å². The summed E-state index contributed by atoms with van der Waals surface area (Å²) in [7, 11) is -3.80. The van der Waals surface area contributed by atoms with Crippen molar-refractivity contribution in [3.05, 3.63) is 0 Å². The molecule has 12 heavy (non-hydrogen) atoms. The molecule has 0 aromatic heterocycles. The Morgan fingerprint density at radius 1 is 1.42 bits per heavy atom.